The summed E-state index contributed by atoms with van der Waals surface area (Å²) in [5.41, 5.74) is 0.958. The van der Waals surface area contributed by atoms with Crippen LogP contribution in [0.15, 0.2) is 46.9 Å². The molecule has 1 aromatic heterocycles. The molecule has 0 aliphatic rings. The van der Waals surface area contributed by atoms with E-state index in [2.05, 4.69) is 5.32 Å². The number of rotatable bonds is 7. The second-order valence-corrected chi connectivity index (χ2v) is 7.84. The molecule has 2 aromatic carbocycles. The fraction of sp³-hybridized carbons (Fsp3) is 0.333. The SMILES string of the molecule is CCc1oc2ccccc2c1CN(C)C(=O)[C@@H](NC(=O)c1c(F)cccc1F)C(C)C. The predicted octanol–water partition coefficient (Wildman–Crippen LogP) is 4.69. The summed E-state index contributed by atoms with van der Waals surface area (Å²) in [6, 6.07) is 9.85. The number of carbonyl (C=O) groups excluding carboxylic acids is 2. The monoisotopic (exact) mass is 428 g/mol. The van der Waals surface area contributed by atoms with Crippen molar-refractivity contribution in [2.24, 2.45) is 5.92 Å². The lowest BCUT2D eigenvalue weighted by molar-refractivity contribution is -0.133. The molecule has 1 heterocycles. The Balaban J connectivity index is 1.83. The molecule has 3 rings (SSSR count). The summed E-state index contributed by atoms with van der Waals surface area (Å²) in [6.07, 6.45) is 0.670. The number of hydrogen-bond acceptors (Lipinski definition) is 3. The van der Waals surface area contributed by atoms with E-state index in [9.17, 15) is 18.4 Å². The number of hydrogen-bond donors (Lipinski definition) is 1. The molecule has 7 heteroatoms. The number of carbonyl (C=O) groups is 2. The van der Waals surface area contributed by atoms with Crippen LogP contribution in [0, 0.1) is 17.6 Å². The van der Waals surface area contributed by atoms with Crippen molar-refractivity contribution >= 4 is 22.8 Å². The van der Waals surface area contributed by atoms with Gasteiger partial charge >= 0.3 is 0 Å². The summed E-state index contributed by atoms with van der Waals surface area (Å²) in [4.78, 5) is 27.2. The maximum atomic E-state index is 14.0. The highest BCUT2D eigenvalue weighted by atomic mass is 19.1. The van der Waals surface area contributed by atoms with E-state index < -0.39 is 29.1 Å². The topological polar surface area (TPSA) is 62.6 Å². The van der Waals surface area contributed by atoms with Crippen LogP contribution in [0.2, 0.25) is 0 Å². The molecule has 1 atom stereocenters. The zero-order chi connectivity index (χ0) is 22.7. The minimum atomic E-state index is -0.974. The van der Waals surface area contributed by atoms with E-state index in [-0.39, 0.29) is 18.4 Å². The third-order valence-corrected chi connectivity index (χ3v) is 5.28. The molecule has 0 aliphatic carbocycles. The van der Waals surface area contributed by atoms with Gasteiger partial charge in [-0.3, -0.25) is 9.59 Å². The quantitative estimate of drug-likeness (QED) is 0.594. The third-order valence-electron chi connectivity index (χ3n) is 5.28. The van der Waals surface area contributed by atoms with E-state index in [1.165, 1.54) is 11.0 Å². The predicted molar refractivity (Wildman–Crippen MR) is 115 cm³/mol. The van der Waals surface area contributed by atoms with Crippen LogP contribution < -0.4 is 5.32 Å². The van der Waals surface area contributed by atoms with Crippen molar-refractivity contribution in [2.45, 2.75) is 39.8 Å². The molecule has 0 aliphatic heterocycles. The van der Waals surface area contributed by atoms with Gasteiger partial charge in [-0.05, 0) is 24.1 Å². The van der Waals surface area contributed by atoms with Crippen molar-refractivity contribution < 1.29 is 22.8 Å². The Bertz CT molecular complexity index is 1090. The molecule has 3 aromatic rings. The largest absolute Gasteiger partial charge is 0.461 e. The molecule has 0 saturated heterocycles. The van der Waals surface area contributed by atoms with Crippen molar-refractivity contribution in [2.75, 3.05) is 7.05 Å². The van der Waals surface area contributed by atoms with Gasteiger partial charge in [0.15, 0.2) is 0 Å². The van der Waals surface area contributed by atoms with E-state index in [1.807, 2.05) is 31.2 Å². The molecular weight excluding hydrogens is 402 g/mol. The van der Waals surface area contributed by atoms with E-state index in [1.54, 1.807) is 20.9 Å². The van der Waals surface area contributed by atoms with Crippen LogP contribution in [0.5, 0.6) is 0 Å². The van der Waals surface area contributed by atoms with Crippen LogP contribution in [0.1, 0.15) is 42.5 Å². The van der Waals surface area contributed by atoms with Gasteiger partial charge in [0.25, 0.3) is 5.91 Å². The van der Waals surface area contributed by atoms with Gasteiger partial charge in [0.2, 0.25) is 5.91 Å². The number of furan rings is 1. The highest BCUT2D eigenvalue weighted by Crippen LogP contribution is 2.27. The van der Waals surface area contributed by atoms with Gasteiger partial charge < -0.3 is 14.6 Å². The van der Waals surface area contributed by atoms with Crippen LogP contribution in [0.3, 0.4) is 0 Å². The lowest BCUT2D eigenvalue weighted by atomic mass is 10.0. The number of benzene rings is 2. The minimum absolute atomic E-state index is 0.284. The fourth-order valence-corrected chi connectivity index (χ4v) is 3.60. The molecule has 164 valence electrons. The number of fused-ring (bicyclic) bond motifs is 1. The van der Waals surface area contributed by atoms with Crippen LogP contribution in [-0.4, -0.2) is 29.8 Å². The Morgan fingerprint density at radius 1 is 1.06 bits per heavy atom. The number of para-hydroxylation sites is 1. The van der Waals surface area contributed by atoms with Gasteiger partial charge in [-0.2, -0.15) is 0 Å². The van der Waals surface area contributed by atoms with Crippen molar-refractivity contribution in [3.05, 3.63) is 71.0 Å². The number of amides is 2. The van der Waals surface area contributed by atoms with Crippen molar-refractivity contribution in [1.29, 1.82) is 0 Å². The first-order chi connectivity index (χ1) is 14.7. The summed E-state index contributed by atoms with van der Waals surface area (Å²) in [5.74, 6) is -2.76. The Labute approximate surface area is 180 Å². The molecule has 0 fully saturated rings. The van der Waals surface area contributed by atoms with Crippen molar-refractivity contribution in [1.82, 2.24) is 10.2 Å². The zero-order valence-electron chi connectivity index (χ0n) is 18.0. The maximum absolute atomic E-state index is 14.0. The summed E-state index contributed by atoms with van der Waals surface area (Å²) >= 11 is 0. The second-order valence-electron chi connectivity index (χ2n) is 7.84. The lowest BCUT2D eigenvalue weighted by Crippen LogP contribution is -2.50. The van der Waals surface area contributed by atoms with E-state index in [4.69, 9.17) is 4.42 Å². The first-order valence-electron chi connectivity index (χ1n) is 10.2. The van der Waals surface area contributed by atoms with Crippen LogP contribution >= 0.6 is 0 Å². The summed E-state index contributed by atoms with van der Waals surface area (Å²) < 4.78 is 33.9. The van der Waals surface area contributed by atoms with Gasteiger partial charge in [0.1, 0.15) is 34.6 Å². The van der Waals surface area contributed by atoms with Crippen LogP contribution in [-0.2, 0) is 17.8 Å². The lowest BCUT2D eigenvalue weighted by Gasteiger charge is -2.27. The van der Waals surface area contributed by atoms with Gasteiger partial charge in [-0.1, -0.05) is 45.0 Å². The van der Waals surface area contributed by atoms with E-state index >= 15 is 0 Å². The normalized spacial score (nSPS) is 12.2. The fourth-order valence-electron chi connectivity index (χ4n) is 3.60. The number of nitrogens with one attached hydrogen (secondary N) is 1. The first kappa shape index (κ1) is 22.5. The average molecular weight is 428 g/mol. The van der Waals surface area contributed by atoms with Crippen LogP contribution in [0.25, 0.3) is 11.0 Å². The average Bonchev–Trinajstić information content (AvgIpc) is 3.08. The molecule has 0 radical (unpaired) electrons. The Morgan fingerprint density at radius 3 is 2.32 bits per heavy atom. The molecule has 0 spiro atoms. The molecule has 31 heavy (non-hydrogen) atoms. The number of nitrogens with zero attached hydrogens (tertiary/aromatic N) is 1. The number of likely N-dealkylation sites (N-methyl/N-ethyl adjacent to an activating group) is 1. The Hall–Kier alpha value is -3.22. The minimum Gasteiger partial charge on any atom is -0.461 e. The van der Waals surface area contributed by atoms with Gasteiger partial charge in [-0.25, -0.2) is 8.78 Å². The summed E-state index contributed by atoms with van der Waals surface area (Å²) in [5, 5.41) is 3.44. The molecular formula is C24H26F2N2O3. The Kier molecular flexibility index (Phi) is 6.73. The van der Waals surface area contributed by atoms with Gasteiger partial charge in [0.05, 0.1) is 0 Å². The van der Waals surface area contributed by atoms with E-state index in [0.717, 1.165) is 34.4 Å². The molecule has 5 nitrogen and oxygen atoms in total. The number of halogens is 2. The zero-order valence-corrected chi connectivity index (χ0v) is 18.0. The summed E-state index contributed by atoms with van der Waals surface area (Å²) in [6.45, 7) is 5.79. The first-order valence-corrected chi connectivity index (χ1v) is 10.2. The van der Waals surface area contributed by atoms with Gasteiger partial charge in [0, 0.05) is 31.0 Å². The number of aryl methyl sites for hydroxylation is 1. The molecule has 0 bridgehead atoms. The standard InChI is InChI=1S/C24H26F2N2O3/c1-5-19-16(15-9-6-7-12-20(15)31-19)13-28(4)24(30)22(14(2)3)27-23(29)21-17(25)10-8-11-18(21)26/h6-12,14,22H,5,13H2,1-4H3,(H,27,29)/t22-/m0/s1. The second kappa shape index (κ2) is 9.29. The van der Waals surface area contributed by atoms with E-state index in [0.29, 0.717) is 6.42 Å². The Morgan fingerprint density at radius 2 is 1.71 bits per heavy atom. The highest BCUT2D eigenvalue weighted by molar-refractivity contribution is 5.98. The third kappa shape index (κ3) is 4.60. The van der Waals surface area contributed by atoms with Crippen LogP contribution in [0.4, 0.5) is 8.78 Å². The highest BCUT2D eigenvalue weighted by Gasteiger charge is 2.30. The molecule has 0 unspecified atom stereocenters. The van der Waals surface area contributed by atoms with Gasteiger partial charge in [-0.15, -0.1) is 0 Å². The maximum Gasteiger partial charge on any atom is 0.257 e. The van der Waals surface area contributed by atoms with Crippen molar-refractivity contribution in [3.63, 3.8) is 0 Å². The molecule has 2 amide bonds. The summed E-state index contributed by atoms with van der Waals surface area (Å²) in [7, 11) is 1.63. The molecule has 0 saturated carbocycles. The molecule has 1 N–H and O–H groups in total. The van der Waals surface area contributed by atoms with Crippen molar-refractivity contribution in [3.8, 4) is 0 Å². The smallest absolute Gasteiger partial charge is 0.257 e.